The van der Waals surface area contributed by atoms with E-state index in [0.29, 0.717) is 17.2 Å². The number of nitrogens with zero attached hydrogens (tertiary/aromatic N) is 2. The van der Waals surface area contributed by atoms with E-state index < -0.39 is 0 Å². The highest BCUT2D eigenvalue weighted by Gasteiger charge is 2.03. The SMILES string of the molecule is CCCC(=O)NN=C(C)c1ccncc1Cl. The molecule has 16 heavy (non-hydrogen) atoms. The molecule has 1 aromatic heterocycles. The maximum atomic E-state index is 11.2. The normalized spacial score (nSPS) is 11.3. The van der Waals surface area contributed by atoms with Crippen LogP contribution >= 0.6 is 11.6 Å². The van der Waals surface area contributed by atoms with E-state index in [1.807, 2.05) is 6.92 Å². The Morgan fingerprint density at radius 2 is 2.38 bits per heavy atom. The second-order valence-electron chi connectivity index (χ2n) is 3.34. The van der Waals surface area contributed by atoms with Crippen molar-refractivity contribution in [1.29, 1.82) is 0 Å². The summed E-state index contributed by atoms with van der Waals surface area (Å²) in [5, 5.41) is 4.50. The summed E-state index contributed by atoms with van der Waals surface area (Å²) in [4.78, 5) is 15.1. The zero-order valence-corrected chi connectivity index (χ0v) is 10.1. The molecule has 0 saturated heterocycles. The van der Waals surface area contributed by atoms with Crippen molar-refractivity contribution in [2.75, 3.05) is 0 Å². The molecule has 1 amide bonds. The van der Waals surface area contributed by atoms with Crippen LogP contribution in [0.2, 0.25) is 5.02 Å². The molecule has 0 saturated carbocycles. The van der Waals surface area contributed by atoms with Crippen molar-refractivity contribution in [1.82, 2.24) is 10.4 Å². The first-order valence-electron chi connectivity index (χ1n) is 5.08. The van der Waals surface area contributed by atoms with Crippen LogP contribution in [0.1, 0.15) is 32.3 Å². The molecule has 1 rings (SSSR count). The number of nitrogens with one attached hydrogen (secondary N) is 1. The van der Waals surface area contributed by atoms with Crippen LogP contribution in [0.5, 0.6) is 0 Å². The van der Waals surface area contributed by atoms with Gasteiger partial charge in [0.25, 0.3) is 0 Å². The molecule has 4 nitrogen and oxygen atoms in total. The minimum Gasteiger partial charge on any atom is -0.273 e. The van der Waals surface area contributed by atoms with Gasteiger partial charge in [-0.2, -0.15) is 5.10 Å². The summed E-state index contributed by atoms with van der Waals surface area (Å²) in [6.07, 6.45) is 4.45. The van der Waals surface area contributed by atoms with Crippen molar-refractivity contribution in [2.45, 2.75) is 26.7 Å². The molecule has 5 heteroatoms. The number of halogens is 1. The zero-order valence-electron chi connectivity index (χ0n) is 9.33. The van der Waals surface area contributed by atoms with Crippen molar-refractivity contribution in [3.63, 3.8) is 0 Å². The van der Waals surface area contributed by atoms with Crippen molar-refractivity contribution in [3.8, 4) is 0 Å². The quantitative estimate of drug-likeness (QED) is 0.648. The maximum Gasteiger partial charge on any atom is 0.240 e. The van der Waals surface area contributed by atoms with Gasteiger partial charge in [0.05, 0.1) is 10.7 Å². The number of hydrogen-bond donors (Lipinski definition) is 1. The van der Waals surface area contributed by atoms with Crippen LogP contribution in [0.25, 0.3) is 0 Å². The van der Waals surface area contributed by atoms with E-state index in [1.54, 1.807) is 25.4 Å². The van der Waals surface area contributed by atoms with Gasteiger partial charge in [0, 0.05) is 24.4 Å². The molecule has 0 bridgehead atoms. The first-order valence-corrected chi connectivity index (χ1v) is 5.46. The van der Waals surface area contributed by atoms with Gasteiger partial charge in [-0.05, 0) is 19.4 Å². The second kappa shape index (κ2) is 6.23. The highest BCUT2D eigenvalue weighted by Crippen LogP contribution is 2.13. The van der Waals surface area contributed by atoms with Gasteiger partial charge in [-0.1, -0.05) is 18.5 Å². The van der Waals surface area contributed by atoms with Crippen molar-refractivity contribution >= 4 is 23.2 Å². The fourth-order valence-electron chi connectivity index (χ4n) is 1.16. The second-order valence-corrected chi connectivity index (χ2v) is 3.74. The summed E-state index contributed by atoms with van der Waals surface area (Å²) in [5.41, 5.74) is 3.91. The first-order chi connectivity index (χ1) is 7.65. The Kier molecular flexibility index (Phi) is 4.92. The Morgan fingerprint density at radius 3 is 3.00 bits per heavy atom. The van der Waals surface area contributed by atoms with Gasteiger partial charge in [0.1, 0.15) is 0 Å². The van der Waals surface area contributed by atoms with E-state index in [1.165, 1.54) is 0 Å². The predicted molar refractivity (Wildman–Crippen MR) is 64.5 cm³/mol. The average Bonchev–Trinajstić information content (AvgIpc) is 2.27. The third kappa shape index (κ3) is 3.62. The van der Waals surface area contributed by atoms with Gasteiger partial charge in [-0.3, -0.25) is 9.78 Å². The summed E-state index contributed by atoms with van der Waals surface area (Å²) in [6.45, 7) is 3.73. The Labute approximate surface area is 99.7 Å². The average molecular weight is 240 g/mol. The van der Waals surface area contributed by atoms with Gasteiger partial charge in [-0.25, -0.2) is 5.43 Å². The monoisotopic (exact) mass is 239 g/mol. The Balaban J connectivity index is 2.71. The smallest absolute Gasteiger partial charge is 0.240 e. The summed E-state index contributed by atoms with van der Waals surface area (Å²) in [7, 11) is 0. The summed E-state index contributed by atoms with van der Waals surface area (Å²) < 4.78 is 0. The highest BCUT2D eigenvalue weighted by molar-refractivity contribution is 6.34. The number of pyridine rings is 1. The van der Waals surface area contributed by atoms with E-state index in [4.69, 9.17) is 11.6 Å². The van der Waals surface area contributed by atoms with Crippen molar-refractivity contribution < 1.29 is 4.79 Å². The predicted octanol–water partition coefficient (Wildman–Crippen LogP) is 2.38. The Bertz CT molecular complexity index is 404. The van der Waals surface area contributed by atoms with E-state index in [2.05, 4.69) is 15.5 Å². The molecule has 0 aliphatic carbocycles. The number of hydrogen-bond acceptors (Lipinski definition) is 3. The van der Waals surface area contributed by atoms with Crippen molar-refractivity contribution in [2.24, 2.45) is 5.10 Å². The van der Waals surface area contributed by atoms with E-state index in [9.17, 15) is 4.79 Å². The molecule has 0 unspecified atom stereocenters. The summed E-state index contributed by atoms with van der Waals surface area (Å²) in [5.74, 6) is -0.0907. The number of aromatic nitrogens is 1. The van der Waals surface area contributed by atoms with Crippen LogP contribution < -0.4 is 5.43 Å². The molecule has 0 spiro atoms. The topological polar surface area (TPSA) is 54.4 Å². The number of carbonyl (C=O) groups excluding carboxylic acids is 1. The highest BCUT2D eigenvalue weighted by atomic mass is 35.5. The molecule has 1 heterocycles. The van der Waals surface area contributed by atoms with Crippen LogP contribution in [0.4, 0.5) is 0 Å². The zero-order chi connectivity index (χ0) is 12.0. The number of amides is 1. The van der Waals surface area contributed by atoms with Gasteiger partial charge >= 0.3 is 0 Å². The Hall–Kier alpha value is -1.42. The molecule has 1 aromatic rings. The van der Waals surface area contributed by atoms with E-state index in [-0.39, 0.29) is 5.91 Å². The number of carbonyl (C=O) groups is 1. The van der Waals surface area contributed by atoms with E-state index >= 15 is 0 Å². The van der Waals surface area contributed by atoms with Gasteiger partial charge < -0.3 is 0 Å². The van der Waals surface area contributed by atoms with Crippen LogP contribution in [0.3, 0.4) is 0 Å². The summed E-state index contributed by atoms with van der Waals surface area (Å²) in [6, 6.07) is 1.76. The van der Waals surface area contributed by atoms with Crippen LogP contribution in [0, 0.1) is 0 Å². The number of hydrazone groups is 1. The lowest BCUT2D eigenvalue weighted by molar-refractivity contribution is -0.121. The molecule has 1 N–H and O–H groups in total. The molecule has 0 atom stereocenters. The first kappa shape index (κ1) is 12.6. The fraction of sp³-hybridized carbons (Fsp3) is 0.364. The minimum absolute atomic E-state index is 0.0907. The van der Waals surface area contributed by atoms with Crippen LogP contribution in [0.15, 0.2) is 23.6 Å². The van der Waals surface area contributed by atoms with E-state index in [0.717, 1.165) is 12.0 Å². The van der Waals surface area contributed by atoms with Gasteiger partial charge in [0.15, 0.2) is 0 Å². The molecule has 0 radical (unpaired) electrons. The molecule has 0 fully saturated rings. The standard InChI is InChI=1S/C11H14ClN3O/c1-3-4-11(16)15-14-8(2)9-5-6-13-7-10(9)12/h5-7H,3-4H2,1-2H3,(H,15,16). The molecule has 86 valence electrons. The third-order valence-electron chi connectivity index (χ3n) is 1.99. The van der Waals surface area contributed by atoms with Crippen LogP contribution in [-0.4, -0.2) is 16.6 Å². The molecular formula is C11H14ClN3O. The Morgan fingerprint density at radius 1 is 1.62 bits per heavy atom. The third-order valence-corrected chi connectivity index (χ3v) is 2.29. The van der Waals surface area contributed by atoms with Gasteiger partial charge in [0.2, 0.25) is 5.91 Å². The minimum atomic E-state index is -0.0907. The maximum absolute atomic E-state index is 11.2. The number of rotatable bonds is 4. The fourth-order valence-corrected chi connectivity index (χ4v) is 1.41. The molecule has 0 aromatic carbocycles. The molecular weight excluding hydrogens is 226 g/mol. The lowest BCUT2D eigenvalue weighted by Crippen LogP contribution is -2.18. The lowest BCUT2D eigenvalue weighted by atomic mass is 10.2. The van der Waals surface area contributed by atoms with Crippen LogP contribution in [-0.2, 0) is 4.79 Å². The van der Waals surface area contributed by atoms with Gasteiger partial charge in [-0.15, -0.1) is 0 Å². The van der Waals surface area contributed by atoms with Crippen molar-refractivity contribution in [3.05, 3.63) is 29.0 Å². The summed E-state index contributed by atoms with van der Waals surface area (Å²) >= 11 is 5.94. The largest absolute Gasteiger partial charge is 0.273 e. The lowest BCUT2D eigenvalue weighted by Gasteiger charge is -2.03. The molecule has 0 aliphatic rings. The molecule has 0 aliphatic heterocycles.